The average molecular weight is 262 g/mol. The van der Waals surface area contributed by atoms with Gasteiger partial charge < -0.3 is 10.2 Å². The van der Waals surface area contributed by atoms with Crippen LogP contribution in [-0.4, -0.2) is 10.2 Å². The van der Waals surface area contributed by atoms with Gasteiger partial charge in [0, 0.05) is 11.1 Å². The van der Waals surface area contributed by atoms with Crippen molar-refractivity contribution in [1.82, 2.24) is 0 Å². The molecule has 0 spiro atoms. The number of rotatable bonds is 0. The quantitative estimate of drug-likeness (QED) is 0.731. The molecule has 0 saturated carbocycles. The van der Waals surface area contributed by atoms with E-state index in [9.17, 15) is 10.2 Å². The van der Waals surface area contributed by atoms with Crippen LogP contribution in [0, 0.1) is 19.3 Å². The molecule has 0 heterocycles. The highest BCUT2D eigenvalue weighted by Crippen LogP contribution is 2.65. The monoisotopic (exact) mass is 262 g/mol. The van der Waals surface area contributed by atoms with E-state index in [0.29, 0.717) is 5.56 Å². The van der Waals surface area contributed by atoms with Gasteiger partial charge in [0.25, 0.3) is 0 Å². The van der Waals surface area contributed by atoms with Gasteiger partial charge in [0.2, 0.25) is 0 Å². The maximum Gasteiger partial charge on any atom is 0.126 e. The normalized spacial score (nSPS) is 22.3. The third-order valence-corrected chi connectivity index (χ3v) is 6.30. The second-order valence-corrected chi connectivity index (χ2v) is 7.57. The lowest BCUT2D eigenvalue weighted by Gasteiger charge is -2.44. The largest absolute Gasteiger partial charge is 0.507 e. The van der Waals surface area contributed by atoms with E-state index in [0.717, 1.165) is 16.7 Å². The van der Waals surface area contributed by atoms with Crippen LogP contribution >= 0.6 is 0 Å². The zero-order valence-corrected chi connectivity index (χ0v) is 13.4. The standard InChI is InChI=1S/C17H26O2/c1-9-11-12(14(19)10(2)13(9)18)16(5,6)17(7,8)15(11,3)4/h18-19H,1-8H3. The topological polar surface area (TPSA) is 40.5 Å². The molecule has 1 aliphatic rings. The minimum absolute atomic E-state index is 0.00912. The number of benzene rings is 1. The minimum atomic E-state index is -0.140. The molecule has 1 aromatic rings. The van der Waals surface area contributed by atoms with Gasteiger partial charge in [-0.3, -0.25) is 0 Å². The summed E-state index contributed by atoms with van der Waals surface area (Å²) >= 11 is 0. The molecule has 0 radical (unpaired) electrons. The molecule has 0 bridgehead atoms. The van der Waals surface area contributed by atoms with Crippen LogP contribution in [-0.2, 0) is 10.8 Å². The van der Waals surface area contributed by atoms with Gasteiger partial charge in [-0.15, -0.1) is 0 Å². The molecule has 0 aliphatic heterocycles. The molecule has 2 N–H and O–H groups in total. The van der Waals surface area contributed by atoms with Crippen molar-refractivity contribution in [2.24, 2.45) is 5.41 Å². The van der Waals surface area contributed by atoms with Gasteiger partial charge in [-0.05, 0) is 41.2 Å². The molecule has 0 unspecified atom stereocenters. The Morgan fingerprint density at radius 2 is 1.05 bits per heavy atom. The number of hydrogen-bond donors (Lipinski definition) is 2. The summed E-state index contributed by atoms with van der Waals surface area (Å²) in [5.74, 6) is 0.500. The zero-order chi connectivity index (χ0) is 15.0. The molecule has 0 atom stereocenters. The molecule has 0 fully saturated rings. The molecular formula is C17H26O2. The highest BCUT2D eigenvalue weighted by molar-refractivity contribution is 5.65. The molecule has 2 nitrogen and oxygen atoms in total. The van der Waals surface area contributed by atoms with E-state index in [1.807, 2.05) is 6.92 Å². The summed E-state index contributed by atoms with van der Waals surface area (Å²) in [6.45, 7) is 17.0. The predicted octanol–water partition coefficient (Wildman–Crippen LogP) is 4.31. The number of phenolic OH excluding ortho intramolecular Hbond substituents is 2. The highest BCUT2D eigenvalue weighted by atomic mass is 16.3. The third kappa shape index (κ3) is 1.32. The van der Waals surface area contributed by atoms with Gasteiger partial charge in [-0.2, -0.15) is 0 Å². The summed E-state index contributed by atoms with van der Waals surface area (Å²) in [4.78, 5) is 0. The van der Waals surface area contributed by atoms with Gasteiger partial charge in [0.05, 0.1) is 0 Å². The van der Waals surface area contributed by atoms with Crippen LogP contribution in [0.2, 0.25) is 0 Å². The molecule has 0 saturated heterocycles. The van der Waals surface area contributed by atoms with E-state index in [4.69, 9.17) is 0 Å². The Morgan fingerprint density at radius 1 is 0.632 bits per heavy atom. The Kier molecular flexibility index (Phi) is 2.60. The first-order valence-electron chi connectivity index (χ1n) is 6.95. The Bertz CT molecular complexity index is 514. The van der Waals surface area contributed by atoms with Crippen molar-refractivity contribution >= 4 is 0 Å². The van der Waals surface area contributed by atoms with Crippen LogP contribution in [0.1, 0.15) is 63.8 Å². The van der Waals surface area contributed by atoms with Crippen molar-refractivity contribution in [3.05, 3.63) is 22.3 Å². The zero-order valence-electron chi connectivity index (χ0n) is 13.4. The Morgan fingerprint density at radius 3 is 1.53 bits per heavy atom. The van der Waals surface area contributed by atoms with Crippen molar-refractivity contribution in [1.29, 1.82) is 0 Å². The first-order chi connectivity index (χ1) is 8.39. The van der Waals surface area contributed by atoms with Crippen LogP contribution in [0.25, 0.3) is 0 Å². The molecular weight excluding hydrogens is 236 g/mol. The van der Waals surface area contributed by atoms with Crippen LogP contribution in [0.15, 0.2) is 0 Å². The molecule has 1 aromatic carbocycles. The van der Waals surface area contributed by atoms with Gasteiger partial charge in [0.15, 0.2) is 0 Å². The molecule has 2 rings (SSSR count). The van der Waals surface area contributed by atoms with Crippen molar-refractivity contribution in [2.75, 3.05) is 0 Å². The molecule has 0 amide bonds. The lowest BCUT2D eigenvalue weighted by Crippen LogP contribution is -2.42. The van der Waals surface area contributed by atoms with E-state index >= 15 is 0 Å². The van der Waals surface area contributed by atoms with Gasteiger partial charge in [-0.1, -0.05) is 41.5 Å². The number of aromatic hydroxyl groups is 2. The van der Waals surface area contributed by atoms with E-state index < -0.39 is 0 Å². The van der Waals surface area contributed by atoms with Crippen molar-refractivity contribution < 1.29 is 10.2 Å². The average Bonchev–Trinajstić information content (AvgIpc) is 2.39. The first-order valence-corrected chi connectivity index (χ1v) is 6.95. The predicted molar refractivity (Wildman–Crippen MR) is 79.1 cm³/mol. The summed E-state index contributed by atoms with van der Waals surface area (Å²) in [5.41, 5.74) is 3.38. The molecule has 1 aliphatic carbocycles. The summed E-state index contributed by atoms with van der Waals surface area (Å²) in [5, 5.41) is 20.8. The number of phenols is 2. The molecule has 106 valence electrons. The maximum absolute atomic E-state index is 10.6. The number of fused-ring (bicyclic) bond motifs is 1. The molecule has 2 heteroatoms. The maximum atomic E-state index is 10.6. The van der Waals surface area contributed by atoms with E-state index in [1.54, 1.807) is 6.92 Å². The first kappa shape index (κ1) is 14.2. The minimum Gasteiger partial charge on any atom is -0.507 e. The Balaban J connectivity index is 3.02. The fourth-order valence-corrected chi connectivity index (χ4v) is 3.80. The summed E-state index contributed by atoms with van der Waals surface area (Å²) < 4.78 is 0. The number of hydrogen-bond acceptors (Lipinski definition) is 2. The third-order valence-electron chi connectivity index (χ3n) is 6.30. The van der Waals surface area contributed by atoms with Gasteiger partial charge >= 0.3 is 0 Å². The lowest BCUT2D eigenvalue weighted by molar-refractivity contribution is 0.123. The van der Waals surface area contributed by atoms with Gasteiger partial charge in [0.1, 0.15) is 11.5 Å². The fourth-order valence-electron chi connectivity index (χ4n) is 3.80. The van der Waals surface area contributed by atoms with Crippen LogP contribution < -0.4 is 0 Å². The Labute approximate surface area is 116 Å². The van der Waals surface area contributed by atoms with Crippen LogP contribution in [0.4, 0.5) is 0 Å². The lowest BCUT2D eigenvalue weighted by atomic mass is 9.59. The second-order valence-electron chi connectivity index (χ2n) is 7.57. The smallest absolute Gasteiger partial charge is 0.126 e. The summed E-state index contributed by atoms with van der Waals surface area (Å²) in [6.07, 6.45) is 0. The van der Waals surface area contributed by atoms with Crippen LogP contribution in [0.3, 0.4) is 0 Å². The van der Waals surface area contributed by atoms with Crippen molar-refractivity contribution in [2.45, 2.75) is 66.2 Å². The SMILES string of the molecule is Cc1c(O)c(C)c2c(c1O)C(C)(C)C(C)(C)C2(C)C. The van der Waals surface area contributed by atoms with Gasteiger partial charge in [-0.25, -0.2) is 0 Å². The highest BCUT2D eigenvalue weighted by Gasteiger charge is 2.59. The summed E-state index contributed by atoms with van der Waals surface area (Å²) in [7, 11) is 0. The van der Waals surface area contributed by atoms with E-state index in [2.05, 4.69) is 41.5 Å². The summed E-state index contributed by atoms with van der Waals surface area (Å²) in [6, 6.07) is 0. The fraction of sp³-hybridized carbons (Fsp3) is 0.647. The second kappa shape index (κ2) is 3.47. The van der Waals surface area contributed by atoms with E-state index in [1.165, 1.54) is 0 Å². The van der Waals surface area contributed by atoms with Crippen molar-refractivity contribution in [3.63, 3.8) is 0 Å². The Hall–Kier alpha value is -1.18. The van der Waals surface area contributed by atoms with Crippen LogP contribution in [0.5, 0.6) is 11.5 Å². The van der Waals surface area contributed by atoms with Crippen molar-refractivity contribution in [3.8, 4) is 11.5 Å². The molecule has 19 heavy (non-hydrogen) atoms. The molecule has 0 aromatic heterocycles. The van der Waals surface area contributed by atoms with E-state index in [-0.39, 0.29) is 27.7 Å².